The highest BCUT2D eigenvalue weighted by atomic mass is 35.5. The second-order valence-corrected chi connectivity index (χ2v) is 16.3. The number of rotatable bonds is 12. The SMILES string of the molecule is [2H]C1([2H])N(CC2CCN(C/C=C/C(=O)Nc3cc4c(Nc5ccc(F)c(Cl)c5)ncnc4cc3O[C@H]3CCOC3)CC2)C([2H])([2H])C([2H])([2H])N(c2cc3c(c(F)c2F)C(=O)N(C2CCC(=O)NC2=O)C3=O)C1([2H])[2H]. The first-order valence-corrected chi connectivity index (χ1v) is 21.1. The van der Waals surface area contributed by atoms with Gasteiger partial charge in [-0.1, -0.05) is 17.7 Å². The number of imide groups is 2. The smallest absolute Gasteiger partial charge is 0.265 e. The monoisotopic (exact) mass is 923 g/mol. The van der Waals surface area contributed by atoms with E-state index in [9.17, 15) is 28.4 Å². The molecule has 4 aromatic rings. The lowest BCUT2D eigenvalue weighted by atomic mass is 9.96. The van der Waals surface area contributed by atoms with Gasteiger partial charge < -0.3 is 25.0 Å². The Kier molecular flexibility index (Phi) is 10.1. The Morgan fingerprint density at radius 3 is 2.51 bits per heavy atom. The molecule has 5 aliphatic rings. The number of halogens is 4. The maximum absolute atomic E-state index is 16.1. The average molecular weight is 924 g/mol. The summed E-state index contributed by atoms with van der Waals surface area (Å²) in [6, 6.07) is 6.23. The minimum Gasteiger partial charge on any atom is -0.486 e. The van der Waals surface area contributed by atoms with Crippen LogP contribution in [0.5, 0.6) is 5.75 Å². The highest BCUT2D eigenvalue weighted by Crippen LogP contribution is 2.37. The zero-order valence-electron chi connectivity index (χ0n) is 42.3. The number of piperazine rings is 1. The molecule has 0 saturated carbocycles. The van der Waals surface area contributed by atoms with Crippen LogP contribution in [0, 0.1) is 23.4 Å². The average Bonchev–Trinajstić information content (AvgIpc) is 3.93. The third-order valence-electron chi connectivity index (χ3n) is 11.6. The van der Waals surface area contributed by atoms with Crippen LogP contribution in [0.4, 0.5) is 36.1 Å². The van der Waals surface area contributed by atoms with Gasteiger partial charge in [0, 0.05) is 80.6 Å². The number of anilines is 4. The highest BCUT2D eigenvalue weighted by Gasteiger charge is 2.47. The fourth-order valence-corrected chi connectivity index (χ4v) is 8.34. The number of nitrogens with one attached hydrogen (secondary N) is 3. The van der Waals surface area contributed by atoms with Crippen LogP contribution < -0.4 is 25.6 Å². The van der Waals surface area contributed by atoms with Gasteiger partial charge in [0.1, 0.15) is 35.9 Å². The zero-order chi connectivity index (χ0) is 52.5. The van der Waals surface area contributed by atoms with Gasteiger partial charge in [0.2, 0.25) is 17.7 Å². The molecule has 0 radical (unpaired) electrons. The lowest BCUT2D eigenvalue weighted by Gasteiger charge is -2.39. The topological polar surface area (TPSA) is 179 Å². The first-order valence-electron chi connectivity index (χ1n) is 24.7. The lowest BCUT2D eigenvalue weighted by molar-refractivity contribution is -0.136. The minimum absolute atomic E-state index is 0.0983. The lowest BCUT2D eigenvalue weighted by Crippen LogP contribution is -2.54. The van der Waals surface area contributed by atoms with Crippen LogP contribution in [0.15, 0.2) is 54.9 Å². The summed E-state index contributed by atoms with van der Waals surface area (Å²) in [7, 11) is 0. The molecule has 0 spiro atoms. The molecular weight excluding hydrogens is 871 g/mol. The molecule has 4 fully saturated rings. The predicted octanol–water partition coefficient (Wildman–Crippen LogP) is 5.04. The first-order chi connectivity index (χ1) is 34.4. The van der Waals surface area contributed by atoms with Crippen molar-refractivity contribution in [3.63, 3.8) is 0 Å². The van der Waals surface area contributed by atoms with Crippen molar-refractivity contribution in [3.05, 3.63) is 88.5 Å². The van der Waals surface area contributed by atoms with Gasteiger partial charge in [-0.2, -0.15) is 0 Å². The maximum Gasteiger partial charge on any atom is 0.265 e. The number of benzene rings is 3. The van der Waals surface area contributed by atoms with E-state index in [1.807, 2.05) is 10.2 Å². The Balaban J connectivity index is 0.866. The molecular formula is C45H45ClF3N9O7. The van der Waals surface area contributed by atoms with Crippen molar-refractivity contribution >= 4 is 74.9 Å². The number of aromatic nitrogens is 2. The molecule has 65 heavy (non-hydrogen) atoms. The molecule has 3 aromatic carbocycles. The van der Waals surface area contributed by atoms with Gasteiger partial charge in [-0.15, -0.1) is 0 Å². The van der Waals surface area contributed by atoms with Gasteiger partial charge in [0.25, 0.3) is 11.8 Å². The normalized spacial score (nSPS) is 26.0. The fraction of sp³-hybridized carbons (Fsp3) is 0.400. The number of likely N-dealkylation sites (tertiary alicyclic amines) is 1. The Labute approximate surface area is 387 Å². The highest BCUT2D eigenvalue weighted by molar-refractivity contribution is 6.31. The van der Waals surface area contributed by atoms with Gasteiger partial charge in [-0.05, 0) is 68.6 Å². The summed E-state index contributed by atoms with van der Waals surface area (Å²) in [6.45, 7) is -13.0. The molecule has 6 heterocycles. The number of carbonyl (C=O) groups is 5. The molecule has 0 bridgehead atoms. The second kappa shape index (κ2) is 18.8. The molecule has 16 nitrogen and oxygen atoms in total. The van der Waals surface area contributed by atoms with Crippen molar-refractivity contribution in [2.24, 2.45) is 5.92 Å². The van der Waals surface area contributed by atoms with E-state index in [4.69, 9.17) is 32.0 Å². The van der Waals surface area contributed by atoms with E-state index in [0.717, 1.165) is 0 Å². The van der Waals surface area contributed by atoms with E-state index in [2.05, 4.69) is 20.6 Å². The van der Waals surface area contributed by atoms with Crippen LogP contribution >= 0.6 is 11.6 Å². The van der Waals surface area contributed by atoms with Gasteiger partial charge in [-0.3, -0.25) is 44.0 Å². The standard InChI is InChI=1S/C45H45ClF3N9O7/c46-30-18-26(3-4-31(30)47)52-42-28-19-33(36(21-32(28)50-24-51-42)65-27-9-17-64-23-27)53-37(59)2-1-10-55-11-7-25(8-12-55)22-56-13-15-57(16-14-56)35-20-29-39(41(49)40(35)48)45(63)58(44(29)62)34-5-6-38(60)54-43(34)61/h1-4,18-21,24-25,27,34H,5-17,22-23H2,(H,53,59)(H,50,51,52)(H,54,60,61)/b2-1+/t27-,34?/m0/s1/i13D2,14D2,15D2,16D2. The second-order valence-electron chi connectivity index (χ2n) is 15.9. The van der Waals surface area contributed by atoms with E-state index in [1.54, 1.807) is 18.2 Å². The number of fused-ring (bicyclic) bond motifs is 2. The van der Waals surface area contributed by atoms with Gasteiger partial charge in [-0.25, -0.2) is 23.1 Å². The quantitative estimate of drug-likeness (QED) is 0.127. The van der Waals surface area contributed by atoms with Crippen LogP contribution in [-0.4, -0.2) is 132 Å². The molecule has 1 aromatic heterocycles. The van der Waals surface area contributed by atoms with Crippen LogP contribution in [0.25, 0.3) is 10.9 Å². The van der Waals surface area contributed by atoms with E-state index < -0.39 is 108 Å². The Bertz CT molecular complexity index is 2960. The van der Waals surface area contributed by atoms with Crippen LogP contribution in [0.2, 0.25) is 5.02 Å². The molecule has 5 amide bonds. The zero-order valence-corrected chi connectivity index (χ0v) is 35.0. The number of hydrogen-bond donors (Lipinski definition) is 3. The maximum atomic E-state index is 16.1. The van der Waals surface area contributed by atoms with Crippen molar-refractivity contribution in [2.45, 2.75) is 44.2 Å². The number of hydrogen-bond acceptors (Lipinski definition) is 13. The molecule has 4 saturated heterocycles. The van der Waals surface area contributed by atoms with Crippen molar-refractivity contribution in [3.8, 4) is 5.75 Å². The number of amides is 5. The molecule has 9 rings (SSSR count). The van der Waals surface area contributed by atoms with Crippen LogP contribution in [0.1, 0.15) is 63.8 Å². The molecule has 2 atom stereocenters. The summed E-state index contributed by atoms with van der Waals surface area (Å²) in [6.07, 6.45) is 4.58. The predicted molar refractivity (Wildman–Crippen MR) is 233 cm³/mol. The summed E-state index contributed by atoms with van der Waals surface area (Å²) < 4.78 is 129. The fourth-order valence-electron chi connectivity index (χ4n) is 8.16. The summed E-state index contributed by atoms with van der Waals surface area (Å²) >= 11 is 5.99. The van der Waals surface area contributed by atoms with Crippen LogP contribution in [0.3, 0.4) is 0 Å². The van der Waals surface area contributed by atoms with E-state index in [0.29, 0.717) is 95.3 Å². The van der Waals surface area contributed by atoms with Crippen molar-refractivity contribution in [2.75, 3.05) is 80.9 Å². The Hall–Kier alpha value is -6.15. The summed E-state index contributed by atoms with van der Waals surface area (Å²) in [5, 5.41) is 8.31. The van der Waals surface area contributed by atoms with Gasteiger partial charge in [0.15, 0.2) is 11.6 Å². The number of ether oxygens (including phenoxy) is 2. The molecule has 340 valence electrons. The number of carbonyl (C=O) groups excluding carboxylic acids is 5. The van der Waals surface area contributed by atoms with Crippen molar-refractivity contribution in [1.82, 2.24) is 30.0 Å². The third-order valence-corrected chi connectivity index (χ3v) is 11.9. The number of piperidine rings is 2. The largest absolute Gasteiger partial charge is 0.486 e. The third kappa shape index (κ3) is 9.36. The van der Waals surface area contributed by atoms with E-state index in [1.165, 1.54) is 30.6 Å². The van der Waals surface area contributed by atoms with Crippen LogP contribution in [-0.2, 0) is 19.1 Å². The molecule has 3 N–H and O–H groups in total. The Morgan fingerprint density at radius 2 is 1.77 bits per heavy atom. The molecule has 20 heteroatoms. The summed E-state index contributed by atoms with van der Waals surface area (Å²) in [5.41, 5.74) is -2.23. The van der Waals surface area contributed by atoms with Gasteiger partial charge in [0.05, 0.1) is 51.7 Å². The Morgan fingerprint density at radius 1 is 0.969 bits per heavy atom. The van der Waals surface area contributed by atoms with E-state index >= 15 is 8.78 Å². The number of nitrogens with zero attached hydrogens (tertiary/aromatic N) is 6. The summed E-state index contributed by atoms with van der Waals surface area (Å²) in [5.74, 6) is -9.63. The van der Waals surface area contributed by atoms with Gasteiger partial charge >= 0.3 is 0 Å². The first kappa shape index (κ1) is 35.2. The molecule has 0 aliphatic carbocycles. The molecule has 5 aliphatic heterocycles. The minimum atomic E-state index is -3.68. The van der Waals surface area contributed by atoms with Crippen molar-refractivity contribution < 1.29 is 57.6 Å². The molecule has 1 unspecified atom stereocenters. The van der Waals surface area contributed by atoms with E-state index in [-0.39, 0.29) is 35.4 Å². The summed E-state index contributed by atoms with van der Waals surface area (Å²) in [4.78, 5) is 75.7. The van der Waals surface area contributed by atoms with Crippen molar-refractivity contribution in [1.29, 1.82) is 0 Å².